The van der Waals surface area contributed by atoms with Crippen LogP contribution in [0.25, 0.3) is 16.6 Å². The van der Waals surface area contributed by atoms with E-state index in [9.17, 15) is 14.4 Å². The minimum Gasteiger partial charge on any atom is -0.302 e. The standard InChI is InChI=1S/C20H15ClN4O3/c1-11-23-16-8-7-12(18(26)14-10-22-24(2)19(14)27)9-13(16)20(28)25(11)17-6-4-3-5-15(17)21/h3-10,22H,1-2H3. The first-order valence-corrected chi connectivity index (χ1v) is 8.83. The Bertz CT molecular complexity index is 1360. The van der Waals surface area contributed by atoms with Crippen molar-refractivity contribution in [2.45, 2.75) is 6.92 Å². The Morgan fingerprint density at radius 1 is 1.11 bits per heavy atom. The number of ketones is 1. The summed E-state index contributed by atoms with van der Waals surface area (Å²) in [5.41, 5.74) is 0.445. The molecule has 0 aliphatic carbocycles. The van der Waals surface area contributed by atoms with Gasteiger partial charge >= 0.3 is 0 Å². The average Bonchev–Trinajstić information content (AvgIpc) is 3.01. The minimum absolute atomic E-state index is 0.00773. The van der Waals surface area contributed by atoms with Crippen molar-refractivity contribution in [3.8, 4) is 5.69 Å². The zero-order chi connectivity index (χ0) is 20.0. The lowest BCUT2D eigenvalue weighted by molar-refractivity contribution is 0.103. The summed E-state index contributed by atoms with van der Waals surface area (Å²) in [4.78, 5) is 42.4. The van der Waals surface area contributed by atoms with Crippen molar-refractivity contribution in [3.63, 3.8) is 0 Å². The molecule has 1 N–H and O–H groups in total. The molecule has 4 aromatic rings. The first-order chi connectivity index (χ1) is 13.4. The van der Waals surface area contributed by atoms with Crippen LogP contribution in [0.4, 0.5) is 0 Å². The molecule has 0 amide bonds. The lowest BCUT2D eigenvalue weighted by atomic mass is 10.0. The van der Waals surface area contributed by atoms with Gasteiger partial charge in [0.05, 0.1) is 21.6 Å². The van der Waals surface area contributed by atoms with Gasteiger partial charge in [0, 0.05) is 18.8 Å². The Morgan fingerprint density at radius 2 is 1.86 bits per heavy atom. The number of nitrogens with zero attached hydrogens (tertiary/aromatic N) is 3. The Kier molecular flexibility index (Phi) is 4.24. The van der Waals surface area contributed by atoms with Crippen LogP contribution >= 0.6 is 11.6 Å². The highest BCUT2D eigenvalue weighted by Gasteiger charge is 2.18. The second kappa shape index (κ2) is 6.61. The van der Waals surface area contributed by atoms with Gasteiger partial charge in [-0.05, 0) is 37.3 Å². The second-order valence-corrected chi connectivity index (χ2v) is 6.77. The van der Waals surface area contributed by atoms with Crippen molar-refractivity contribution in [2.24, 2.45) is 7.05 Å². The Morgan fingerprint density at radius 3 is 2.54 bits per heavy atom. The molecule has 2 aromatic carbocycles. The molecule has 0 aliphatic rings. The highest BCUT2D eigenvalue weighted by Crippen LogP contribution is 2.21. The van der Waals surface area contributed by atoms with E-state index in [0.717, 1.165) is 0 Å². The fourth-order valence-electron chi connectivity index (χ4n) is 3.14. The van der Waals surface area contributed by atoms with E-state index in [0.29, 0.717) is 22.1 Å². The Hall–Kier alpha value is -3.45. The minimum atomic E-state index is -0.465. The van der Waals surface area contributed by atoms with E-state index in [1.165, 1.54) is 28.6 Å². The number of benzene rings is 2. The molecule has 0 aliphatic heterocycles. The summed E-state index contributed by atoms with van der Waals surface area (Å²) >= 11 is 6.25. The molecule has 0 spiro atoms. The monoisotopic (exact) mass is 394 g/mol. The summed E-state index contributed by atoms with van der Waals surface area (Å²) in [6.45, 7) is 1.72. The van der Waals surface area contributed by atoms with Crippen LogP contribution in [-0.2, 0) is 7.05 Å². The van der Waals surface area contributed by atoms with E-state index in [-0.39, 0.29) is 22.1 Å². The van der Waals surface area contributed by atoms with E-state index in [2.05, 4.69) is 10.1 Å². The number of aromatic nitrogens is 4. The van der Waals surface area contributed by atoms with Crippen LogP contribution in [0, 0.1) is 6.92 Å². The van der Waals surface area contributed by atoms with Crippen LogP contribution < -0.4 is 11.1 Å². The number of para-hydroxylation sites is 1. The SMILES string of the molecule is Cc1nc2ccc(C(=O)c3c[nH]n(C)c3=O)cc2c(=O)n1-c1ccccc1Cl. The molecular formula is C20H15ClN4O3. The maximum absolute atomic E-state index is 13.2. The molecule has 140 valence electrons. The number of carbonyl (C=O) groups excluding carboxylic acids is 1. The van der Waals surface area contributed by atoms with Gasteiger partial charge in [0.1, 0.15) is 11.4 Å². The first-order valence-electron chi connectivity index (χ1n) is 8.46. The van der Waals surface area contributed by atoms with Gasteiger partial charge in [0.2, 0.25) is 0 Å². The fourth-order valence-corrected chi connectivity index (χ4v) is 3.36. The Balaban J connectivity index is 1.94. The molecule has 28 heavy (non-hydrogen) atoms. The molecule has 0 saturated carbocycles. The molecule has 0 bridgehead atoms. The van der Waals surface area contributed by atoms with Gasteiger partial charge in [-0.15, -0.1) is 0 Å². The van der Waals surface area contributed by atoms with Crippen molar-refractivity contribution in [2.75, 3.05) is 0 Å². The van der Waals surface area contributed by atoms with Crippen LogP contribution in [0.5, 0.6) is 0 Å². The van der Waals surface area contributed by atoms with Gasteiger partial charge in [0.15, 0.2) is 5.78 Å². The van der Waals surface area contributed by atoms with E-state index >= 15 is 0 Å². The van der Waals surface area contributed by atoms with Crippen molar-refractivity contribution in [1.29, 1.82) is 0 Å². The normalized spacial score (nSPS) is 11.1. The van der Waals surface area contributed by atoms with Gasteiger partial charge in [-0.2, -0.15) is 0 Å². The number of halogens is 1. The molecule has 7 nitrogen and oxygen atoms in total. The van der Waals surface area contributed by atoms with E-state index in [1.807, 2.05) is 0 Å². The van der Waals surface area contributed by atoms with Crippen molar-refractivity contribution in [3.05, 3.63) is 91.3 Å². The summed E-state index contributed by atoms with van der Waals surface area (Å²) in [7, 11) is 1.52. The van der Waals surface area contributed by atoms with Crippen molar-refractivity contribution in [1.82, 2.24) is 19.3 Å². The smallest absolute Gasteiger partial charge is 0.277 e. The number of H-pyrrole nitrogens is 1. The van der Waals surface area contributed by atoms with Crippen LogP contribution in [0.1, 0.15) is 21.7 Å². The number of rotatable bonds is 3. The maximum atomic E-state index is 13.2. The third kappa shape index (κ3) is 2.76. The number of hydrogen-bond acceptors (Lipinski definition) is 4. The van der Waals surface area contributed by atoms with Crippen molar-refractivity contribution >= 4 is 28.3 Å². The Labute approximate surface area is 163 Å². The quantitative estimate of drug-likeness (QED) is 0.541. The molecule has 0 radical (unpaired) electrons. The van der Waals surface area contributed by atoms with Crippen LogP contribution in [-0.4, -0.2) is 25.1 Å². The third-order valence-corrected chi connectivity index (χ3v) is 4.89. The summed E-state index contributed by atoms with van der Waals surface area (Å²) in [6.07, 6.45) is 1.35. The third-order valence-electron chi connectivity index (χ3n) is 4.57. The van der Waals surface area contributed by atoms with E-state index < -0.39 is 11.3 Å². The predicted octanol–water partition coefficient (Wildman–Crippen LogP) is 2.61. The largest absolute Gasteiger partial charge is 0.302 e. The molecule has 0 atom stereocenters. The molecule has 2 heterocycles. The van der Waals surface area contributed by atoms with Gasteiger partial charge in [-0.25, -0.2) is 4.98 Å². The van der Waals surface area contributed by atoms with Gasteiger partial charge in [-0.3, -0.25) is 23.6 Å². The van der Waals surface area contributed by atoms with Crippen LogP contribution in [0.15, 0.2) is 58.3 Å². The average molecular weight is 395 g/mol. The second-order valence-electron chi connectivity index (χ2n) is 6.36. The summed E-state index contributed by atoms with van der Waals surface area (Å²) in [6, 6.07) is 11.6. The van der Waals surface area contributed by atoms with Crippen LogP contribution in [0.2, 0.25) is 5.02 Å². The maximum Gasteiger partial charge on any atom is 0.277 e. The molecule has 2 aromatic heterocycles. The molecule has 8 heteroatoms. The molecular weight excluding hydrogens is 380 g/mol. The van der Waals surface area contributed by atoms with Crippen molar-refractivity contribution < 1.29 is 4.79 Å². The summed E-state index contributed by atoms with van der Waals surface area (Å²) in [5.74, 6) is 0.0113. The summed E-state index contributed by atoms with van der Waals surface area (Å²) < 4.78 is 2.62. The van der Waals surface area contributed by atoms with Gasteiger partial charge in [-0.1, -0.05) is 23.7 Å². The number of aryl methyl sites for hydroxylation is 2. The predicted molar refractivity (Wildman–Crippen MR) is 107 cm³/mol. The number of fused-ring (bicyclic) bond motifs is 1. The highest BCUT2D eigenvalue weighted by molar-refractivity contribution is 6.32. The fraction of sp³-hybridized carbons (Fsp3) is 0.100. The van der Waals surface area contributed by atoms with E-state index in [1.54, 1.807) is 43.3 Å². The number of carbonyl (C=O) groups is 1. The van der Waals surface area contributed by atoms with Crippen LogP contribution in [0.3, 0.4) is 0 Å². The van der Waals surface area contributed by atoms with Gasteiger partial charge in [0.25, 0.3) is 11.1 Å². The van der Waals surface area contributed by atoms with Gasteiger partial charge < -0.3 is 5.10 Å². The number of nitrogens with one attached hydrogen (secondary N) is 1. The zero-order valence-corrected chi connectivity index (χ0v) is 15.8. The first kappa shape index (κ1) is 17.9. The molecule has 0 unspecified atom stereocenters. The van der Waals surface area contributed by atoms with E-state index in [4.69, 9.17) is 11.6 Å². The lowest BCUT2D eigenvalue weighted by Crippen LogP contribution is -2.23. The zero-order valence-electron chi connectivity index (χ0n) is 15.1. The molecule has 0 fully saturated rings. The molecule has 4 rings (SSSR count). The highest BCUT2D eigenvalue weighted by atomic mass is 35.5. The summed E-state index contributed by atoms with van der Waals surface area (Å²) in [5, 5.41) is 3.35. The molecule has 0 saturated heterocycles. The lowest BCUT2D eigenvalue weighted by Gasteiger charge is -2.12. The number of aromatic amines is 1. The number of hydrogen-bond donors (Lipinski definition) is 1. The topological polar surface area (TPSA) is 89.8 Å².